The Morgan fingerprint density at radius 1 is 0.654 bits per heavy atom. The minimum Gasteiger partial charge on any atom is -0.461 e. The monoisotopic (exact) mass is 369 g/mol. The molecular weight excluding hydrogens is 322 g/mol. The molecule has 2 N–H and O–H groups in total. The fraction of sp³-hybridized carbons (Fsp3) is 0.957. The van der Waals surface area contributed by atoms with Crippen molar-refractivity contribution < 1.29 is 9.53 Å². The lowest BCUT2D eigenvalue weighted by atomic mass is 10.0. The van der Waals surface area contributed by atoms with E-state index < -0.39 is 6.04 Å². The summed E-state index contributed by atoms with van der Waals surface area (Å²) in [6, 6.07) is -0.438. The lowest BCUT2D eigenvalue weighted by Gasteiger charge is -2.20. The van der Waals surface area contributed by atoms with Gasteiger partial charge in [0.15, 0.2) is 0 Å². The van der Waals surface area contributed by atoms with E-state index in [-0.39, 0.29) is 12.1 Å². The molecule has 0 aliphatic heterocycles. The van der Waals surface area contributed by atoms with Crippen molar-refractivity contribution in [2.24, 2.45) is 5.73 Å². The molecule has 0 heterocycles. The van der Waals surface area contributed by atoms with Gasteiger partial charge in [0.1, 0.15) is 12.1 Å². The first-order valence-electron chi connectivity index (χ1n) is 11.6. The maximum atomic E-state index is 12.3. The number of carbonyl (C=O) groups is 1. The molecule has 0 bridgehead atoms. The zero-order chi connectivity index (χ0) is 19.5. The van der Waals surface area contributed by atoms with Crippen LogP contribution in [0.1, 0.15) is 130 Å². The third kappa shape index (κ3) is 15.7. The van der Waals surface area contributed by atoms with E-state index in [4.69, 9.17) is 10.5 Å². The molecule has 0 saturated carbocycles. The number of hydrogen-bond acceptors (Lipinski definition) is 3. The van der Waals surface area contributed by atoms with Gasteiger partial charge in [-0.15, -0.1) is 0 Å². The van der Waals surface area contributed by atoms with E-state index in [0.717, 1.165) is 32.1 Å². The summed E-state index contributed by atoms with van der Waals surface area (Å²) in [6.45, 7) is 6.62. The second-order valence-electron chi connectivity index (χ2n) is 7.92. The quantitative estimate of drug-likeness (QED) is 0.199. The maximum Gasteiger partial charge on any atom is 0.323 e. The van der Waals surface area contributed by atoms with Gasteiger partial charge in [0.05, 0.1) is 0 Å². The molecule has 0 aromatic heterocycles. The lowest BCUT2D eigenvalue weighted by Crippen LogP contribution is -2.35. The first kappa shape index (κ1) is 25.4. The molecule has 0 amide bonds. The number of hydrogen-bond donors (Lipinski definition) is 1. The lowest BCUT2D eigenvalue weighted by molar-refractivity contribution is -0.151. The zero-order valence-corrected chi connectivity index (χ0v) is 18.1. The Hall–Kier alpha value is -0.570. The van der Waals surface area contributed by atoms with Gasteiger partial charge in [-0.25, -0.2) is 0 Å². The van der Waals surface area contributed by atoms with Crippen molar-refractivity contribution in [3.8, 4) is 0 Å². The molecule has 1 atom stereocenters. The molecule has 0 aromatic carbocycles. The molecule has 0 rings (SSSR count). The summed E-state index contributed by atoms with van der Waals surface area (Å²) in [6.07, 6.45) is 20.3. The predicted molar refractivity (Wildman–Crippen MR) is 113 cm³/mol. The molecule has 0 aromatic rings. The Labute approximate surface area is 163 Å². The summed E-state index contributed by atoms with van der Waals surface area (Å²) in [7, 11) is 0. The van der Waals surface area contributed by atoms with Crippen LogP contribution in [0.5, 0.6) is 0 Å². The van der Waals surface area contributed by atoms with E-state index in [1.54, 1.807) is 0 Å². The zero-order valence-electron chi connectivity index (χ0n) is 18.1. The third-order valence-electron chi connectivity index (χ3n) is 5.21. The summed E-state index contributed by atoms with van der Waals surface area (Å²) >= 11 is 0. The average Bonchev–Trinajstić information content (AvgIpc) is 2.64. The molecule has 0 radical (unpaired) electrons. The summed E-state index contributed by atoms with van der Waals surface area (Å²) in [4.78, 5) is 12.3. The van der Waals surface area contributed by atoms with E-state index in [0.29, 0.717) is 0 Å². The molecule has 26 heavy (non-hydrogen) atoms. The topological polar surface area (TPSA) is 52.3 Å². The van der Waals surface area contributed by atoms with Gasteiger partial charge >= 0.3 is 5.97 Å². The van der Waals surface area contributed by atoms with Crippen LogP contribution in [0.4, 0.5) is 0 Å². The SMILES string of the molecule is CCCCCCCCC(CCCCCCCC)OC(=O)C(N)CCCC. The highest BCUT2D eigenvalue weighted by molar-refractivity contribution is 5.75. The van der Waals surface area contributed by atoms with Crippen LogP contribution in [-0.4, -0.2) is 18.1 Å². The van der Waals surface area contributed by atoms with Crippen LogP contribution in [0.25, 0.3) is 0 Å². The minimum atomic E-state index is -0.438. The summed E-state index contributed by atoms with van der Waals surface area (Å²) in [5.41, 5.74) is 6.00. The fourth-order valence-electron chi connectivity index (χ4n) is 3.36. The van der Waals surface area contributed by atoms with Crippen LogP contribution < -0.4 is 5.73 Å². The fourth-order valence-corrected chi connectivity index (χ4v) is 3.36. The van der Waals surface area contributed by atoms with Gasteiger partial charge < -0.3 is 10.5 Å². The number of ether oxygens (including phenoxy) is 1. The molecule has 156 valence electrons. The Kier molecular flexibility index (Phi) is 18.8. The van der Waals surface area contributed by atoms with Gasteiger partial charge in [0.2, 0.25) is 0 Å². The number of rotatable bonds is 19. The van der Waals surface area contributed by atoms with Crippen LogP contribution in [0, 0.1) is 0 Å². The van der Waals surface area contributed by atoms with Crippen molar-refractivity contribution in [3.63, 3.8) is 0 Å². The predicted octanol–water partition coefficient (Wildman–Crippen LogP) is 6.92. The van der Waals surface area contributed by atoms with E-state index in [2.05, 4.69) is 20.8 Å². The number of nitrogens with two attached hydrogens (primary N) is 1. The molecule has 1 unspecified atom stereocenters. The Morgan fingerprint density at radius 3 is 1.54 bits per heavy atom. The Bertz CT molecular complexity index is 291. The molecule has 0 aliphatic carbocycles. The van der Waals surface area contributed by atoms with Crippen molar-refractivity contribution in [2.75, 3.05) is 0 Å². The summed E-state index contributed by atoms with van der Waals surface area (Å²) in [5.74, 6) is -0.180. The summed E-state index contributed by atoms with van der Waals surface area (Å²) in [5, 5.41) is 0. The van der Waals surface area contributed by atoms with E-state index >= 15 is 0 Å². The smallest absolute Gasteiger partial charge is 0.323 e. The van der Waals surface area contributed by atoms with Gasteiger partial charge in [-0.1, -0.05) is 97.8 Å². The molecule has 3 heteroatoms. The van der Waals surface area contributed by atoms with Gasteiger partial charge in [0.25, 0.3) is 0 Å². The molecular formula is C23H47NO2. The van der Waals surface area contributed by atoms with Crippen molar-refractivity contribution in [3.05, 3.63) is 0 Å². The van der Waals surface area contributed by atoms with Crippen molar-refractivity contribution >= 4 is 5.97 Å². The van der Waals surface area contributed by atoms with Gasteiger partial charge in [-0.3, -0.25) is 4.79 Å². The molecule has 0 aliphatic rings. The van der Waals surface area contributed by atoms with Crippen molar-refractivity contribution in [1.29, 1.82) is 0 Å². The average molecular weight is 370 g/mol. The Morgan fingerprint density at radius 2 is 1.08 bits per heavy atom. The minimum absolute atomic E-state index is 0.0764. The third-order valence-corrected chi connectivity index (χ3v) is 5.21. The van der Waals surface area contributed by atoms with E-state index in [1.165, 1.54) is 77.0 Å². The Balaban J connectivity index is 4.14. The standard InChI is InChI=1S/C23H47NO2/c1-4-7-10-12-14-16-18-21(19-17-15-13-11-8-5-2)26-23(25)22(24)20-9-6-3/h21-22H,4-20,24H2,1-3H3. The van der Waals surface area contributed by atoms with Crippen molar-refractivity contribution in [1.82, 2.24) is 0 Å². The van der Waals surface area contributed by atoms with Gasteiger partial charge in [-0.05, 0) is 32.1 Å². The van der Waals surface area contributed by atoms with Crippen LogP contribution in [0.15, 0.2) is 0 Å². The molecule has 0 spiro atoms. The molecule has 0 saturated heterocycles. The van der Waals surface area contributed by atoms with Crippen LogP contribution in [0.2, 0.25) is 0 Å². The number of esters is 1. The normalized spacial score (nSPS) is 12.5. The highest BCUT2D eigenvalue weighted by Gasteiger charge is 2.19. The highest BCUT2D eigenvalue weighted by Crippen LogP contribution is 2.17. The number of unbranched alkanes of at least 4 members (excludes halogenated alkanes) is 11. The maximum absolute atomic E-state index is 12.3. The van der Waals surface area contributed by atoms with Crippen molar-refractivity contribution in [2.45, 2.75) is 142 Å². The highest BCUT2D eigenvalue weighted by atomic mass is 16.5. The summed E-state index contributed by atoms with van der Waals surface area (Å²) < 4.78 is 5.80. The largest absolute Gasteiger partial charge is 0.461 e. The van der Waals surface area contributed by atoms with Crippen LogP contribution in [0.3, 0.4) is 0 Å². The molecule has 0 fully saturated rings. The first-order valence-corrected chi connectivity index (χ1v) is 11.6. The van der Waals surface area contributed by atoms with Gasteiger partial charge in [-0.2, -0.15) is 0 Å². The van der Waals surface area contributed by atoms with Gasteiger partial charge in [0, 0.05) is 0 Å². The van der Waals surface area contributed by atoms with E-state index in [1.807, 2.05) is 0 Å². The van der Waals surface area contributed by atoms with Crippen LogP contribution >= 0.6 is 0 Å². The second-order valence-corrected chi connectivity index (χ2v) is 7.92. The molecule has 3 nitrogen and oxygen atoms in total. The second kappa shape index (κ2) is 19.2. The van der Waals surface area contributed by atoms with E-state index in [9.17, 15) is 4.79 Å². The number of carbonyl (C=O) groups excluding carboxylic acids is 1. The first-order chi connectivity index (χ1) is 12.7. The van der Waals surface area contributed by atoms with Crippen LogP contribution in [-0.2, 0) is 9.53 Å².